The molecule has 2 aromatic rings. The monoisotopic (exact) mass is 244 g/mol. The van der Waals surface area contributed by atoms with E-state index in [1.54, 1.807) is 0 Å². The first-order valence-corrected chi connectivity index (χ1v) is 6.23. The molecule has 3 heteroatoms. The van der Waals surface area contributed by atoms with Gasteiger partial charge in [0.1, 0.15) is 0 Å². The average molecular weight is 244 g/mol. The number of benzene rings is 2. The Kier molecular flexibility index (Phi) is 4.43. The van der Waals surface area contributed by atoms with E-state index in [1.807, 2.05) is 30.3 Å². The van der Waals surface area contributed by atoms with E-state index in [1.165, 1.54) is 16.7 Å². The lowest BCUT2D eigenvalue weighted by molar-refractivity contribution is 0.347. The Labute approximate surface area is 103 Å². The predicted octanol–water partition coefficient (Wildman–Crippen LogP) is 4.12. The van der Waals surface area contributed by atoms with Gasteiger partial charge in [-0.3, -0.25) is 4.52 Å². The molecular weight excluding hydrogens is 231 g/mol. The minimum atomic E-state index is -0.252. The van der Waals surface area contributed by atoms with Gasteiger partial charge in [-0.1, -0.05) is 54.6 Å². The maximum absolute atomic E-state index is 10.2. The van der Waals surface area contributed by atoms with Gasteiger partial charge in [0.05, 0.1) is 6.61 Å². The second kappa shape index (κ2) is 6.29. The molecule has 86 valence electrons. The van der Waals surface area contributed by atoms with Crippen molar-refractivity contribution in [2.24, 2.45) is 0 Å². The van der Waals surface area contributed by atoms with Gasteiger partial charge in [-0.25, -0.2) is 4.57 Å². The Hall–Kier alpha value is -1.50. The third-order valence-electron chi connectivity index (χ3n) is 2.62. The minimum absolute atomic E-state index is 0.252. The van der Waals surface area contributed by atoms with Crippen molar-refractivity contribution in [3.05, 3.63) is 60.2 Å². The summed E-state index contributed by atoms with van der Waals surface area (Å²) in [5.41, 5.74) is 3.62. The summed E-state index contributed by atoms with van der Waals surface area (Å²) < 4.78 is 15.1. The van der Waals surface area contributed by atoms with E-state index < -0.39 is 0 Å². The van der Waals surface area contributed by atoms with Gasteiger partial charge in [0.15, 0.2) is 0 Å². The van der Waals surface area contributed by atoms with Gasteiger partial charge < -0.3 is 0 Å². The van der Waals surface area contributed by atoms with E-state index in [0.717, 1.165) is 6.42 Å². The molecule has 0 saturated heterocycles. The molecule has 0 fully saturated rings. The third-order valence-corrected chi connectivity index (χ3v) is 2.91. The normalized spacial score (nSPS) is 10.6. The van der Waals surface area contributed by atoms with Crippen molar-refractivity contribution >= 4 is 8.69 Å². The van der Waals surface area contributed by atoms with Gasteiger partial charge in [-0.2, -0.15) is 0 Å². The van der Waals surface area contributed by atoms with Crippen LogP contribution in [0.5, 0.6) is 0 Å². The lowest BCUT2D eigenvalue weighted by Gasteiger charge is -2.08. The fourth-order valence-electron chi connectivity index (χ4n) is 1.83. The van der Waals surface area contributed by atoms with Crippen LogP contribution in [0.15, 0.2) is 54.6 Å². The second-order valence-electron chi connectivity index (χ2n) is 3.68. The molecule has 17 heavy (non-hydrogen) atoms. The van der Waals surface area contributed by atoms with Crippen molar-refractivity contribution in [2.45, 2.75) is 6.42 Å². The molecule has 2 nitrogen and oxygen atoms in total. The summed E-state index contributed by atoms with van der Waals surface area (Å²) in [7, 11) is -0.252. The molecule has 0 aromatic heterocycles. The molecule has 0 N–H and O–H groups in total. The molecule has 0 aliphatic carbocycles. The molecule has 0 amide bonds. The zero-order chi connectivity index (χ0) is 11.9. The molecule has 0 aliphatic rings. The van der Waals surface area contributed by atoms with Crippen LogP contribution >= 0.6 is 8.69 Å². The van der Waals surface area contributed by atoms with Gasteiger partial charge >= 0.3 is 8.69 Å². The summed E-state index contributed by atoms with van der Waals surface area (Å²) in [6.07, 6.45) is 0.764. The SMILES string of the molecule is O=POCCc1ccccc1-c1ccccc1. The molecule has 0 heterocycles. The summed E-state index contributed by atoms with van der Waals surface area (Å²) in [5, 5.41) is 0. The van der Waals surface area contributed by atoms with Crippen LogP contribution in [0.4, 0.5) is 0 Å². The van der Waals surface area contributed by atoms with E-state index in [-0.39, 0.29) is 8.69 Å². The summed E-state index contributed by atoms with van der Waals surface area (Å²) in [4.78, 5) is 0. The number of hydrogen-bond acceptors (Lipinski definition) is 2. The van der Waals surface area contributed by atoms with Gasteiger partial charge in [0.25, 0.3) is 0 Å². The fourth-order valence-corrected chi connectivity index (χ4v) is 2.00. The van der Waals surface area contributed by atoms with Crippen LogP contribution in [0.2, 0.25) is 0 Å². The van der Waals surface area contributed by atoms with Gasteiger partial charge in [0.2, 0.25) is 0 Å². The minimum Gasteiger partial charge on any atom is -0.294 e. The highest BCUT2D eigenvalue weighted by molar-refractivity contribution is 7.17. The lowest BCUT2D eigenvalue weighted by Crippen LogP contribution is -1.94. The highest BCUT2D eigenvalue weighted by atomic mass is 31.1. The predicted molar refractivity (Wildman–Crippen MR) is 69.1 cm³/mol. The first-order valence-electron chi connectivity index (χ1n) is 5.50. The van der Waals surface area contributed by atoms with E-state index in [9.17, 15) is 4.57 Å². The van der Waals surface area contributed by atoms with E-state index in [0.29, 0.717) is 6.61 Å². The van der Waals surface area contributed by atoms with E-state index in [2.05, 4.69) is 24.3 Å². The van der Waals surface area contributed by atoms with Crippen LogP contribution in [0.25, 0.3) is 11.1 Å². The van der Waals surface area contributed by atoms with E-state index >= 15 is 0 Å². The maximum atomic E-state index is 10.2. The van der Waals surface area contributed by atoms with Gasteiger partial charge in [-0.15, -0.1) is 0 Å². The van der Waals surface area contributed by atoms with E-state index in [4.69, 9.17) is 4.52 Å². The molecular formula is C14H13O2P. The standard InChI is InChI=1S/C14H13O2P/c15-17-16-11-10-13-8-4-5-9-14(13)12-6-2-1-3-7-12/h1-9H,10-11H2. The third kappa shape index (κ3) is 3.23. The molecule has 0 spiro atoms. The van der Waals surface area contributed by atoms with Crippen LogP contribution < -0.4 is 0 Å². The summed E-state index contributed by atoms with van der Waals surface area (Å²) in [6.45, 7) is 0.467. The Bertz CT molecular complexity index is 483. The average Bonchev–Trinajstić information content (AvgIpc) is 2.41. The highest BCUT2D eigenvalue weighted by Crippen LogP contribution is 2.23. The van der Waals surface area contributed by atoms with Gasteiger partial charge in [0, 0.05) is 0 Å². The molecule has 0 unspecified atom stereocenters. The Morgan fingerprint density at radius 3 is 2.41 bits per heavy atom. The number of hydrogen-bond donors (Lipinski definition) is 0. The topological polar surface area (TPSA) is 26.3 Å². The molecule has 0 radical (unpaired) electrons. The number of rotatable bonds is 5. The molecule has 0 atom stereocenters. The largest absolute Gasteiger partial charge is 0.327 e. The summed E-state index contributed by atoms with van der Waals surface area (Å²) >= 11 is 0. The summed E-state index contributed by atoms with van der Waals surface area (Å²) in [6, 6.07) is 18.4. The molecule has 0 aliphatic heterocycles. The Balaban J connectivity index is 2.25. The zero-order valence-corrected chi connectivity index (χ0v) is 10.3. The lowest BCUT2D eigenvalue weighted by atomic mass is 9.98. The van der Waals surface area contributed by atoms with Crippen molar-refractivity contribution in [1.82, 2.24) is 0 Å². The second-order valence-corrected chi connectivity index (χ2v) is 4.09. The first-order chi connectivity index (χ1) is 8.42. The van der Waals surface area contributed by atoms with Crippen LogP contribution in [0.3, 0.4) is 0 Å². The quantitative estimate of drug-likeness (QED) is 0.584. The van der Waals surface area contributed by atoms with Crippen molar-refractivity contribution in [2.75, 3.05) is 6.61 Å². The van der Waals surface area contributed by atoms with Crippen LogP contribution in [0.1, 0.15) is 5.56 Å². The van der Waals surface area contributed by atoms with Crippen LogP contribution in [-0.4, -0.2) is 6.61 Å². The Morgan fingerprint density at radius 1 is 0.941 bits per heavy atom. The van der Waals surface area contributed by atoms with Crippen LogP contribution in [0, 0.1) is 0 Å². The smallest absolute Gasteiger partial charge is 0.294 e. The van der Waals surface area contributed by atoms with Crippen LogP contribution in [-0.2, 0) is 15.5 Å². The molecule has 2 rings (SSSR count). The van der Waals surface area contributed by atoms with Crippen molar-refractivity contribution in [1.29, 1.82) is 0 Å². The van der Waals surface area contributed by atoms with Crippen molar-refractivity contribution < 1.29 is 9.09 Å². The van der Waals surface area contributed by atoms with Crippen molar-refractivity contribution in [3.63, 3.8) is 0 Å². The maximum Gasteiger partial charge on any atom is 0.327 e. The fraction of sp³-hybridized carbons (Fsp3) is 0.143. The Morgan fingerprint density at radius 2 is 1.65 bits per heavy atom. The van der Waals surface area contributed by atoms with Gasteiger partial charge in [-0.05, 0) is 23.1 Å². The zero-order valence-electron chi connectivity index (χ0n) is 9.37. The molecule has 0 saturated carbocycles. The highest BCUT2D eigenvalue weighted by Gasteiger charge is 2.03. The molecule has 2 aromatic carbocycles. The van der Waals surface area contributed by atoms with Crippen molar-refractivity contribution in [3.8, 4) is 11.1 Å². The summed E-state index contributed by atoms with van der Waals surface area (Å²) in [5.74, 6) is 0. The first kappa shape index (κ1) is 12.0. The molecule has 0 bridgehead atoms.